The first-order valence-electron chi connectivity index (χ1n) is 7.62. The lowest BCUT2D eigenvalue weighted by Gasteiger charge is -2.07. The van der Waals surface area contributed by atoms with Gasteiger partial charge in [-0.05, 0) is 18.6 Å². The zero-order chi connectivity index (χ0) is 16.9. The van der Waals surface area contributed by atoms with Crippen molar-refractivity contribution in [1.29, 1.82) is 0 Å². The summed E-state index contributed by atoms with van der Waals surface area (Å²) in [5.41, 5.74) is 0.611. The van der Waals surface area contributed by atoms with Gasteiger partial charge >= 0.3 is 5.97 Å². The third-order valence-corrected chi connectivity index (χ3v) is 4.72. The van der Waals surface area contributed by atoms with Crippen LogP contribution in [0.5, 0.6) is 5.75 Å². The number of carboxylic acids is 1. The number of carboxylic acid groups (broad SMARTS) is 1. The van der Waals surface area contributed by atoms with Crippen molar-refractivity contribution in [2.45, 2.75) is 12.8 Å². The number of rotatable bonds is 7. The molecule has 0 radical (unpaired) electrons. The van der Waals surface area contributed by atoms with E-state index in [0.717, 1.165) is 10.1 Å². The van der Waals surface area contributed by atoms with Gasteiger partial charge in [0.1, 0.15) is 10.6 Å². The van der Waals surface area contributed by atoms with Gasteiger partial charge in [-0.3, -0.25) is 9.59 Å². The molecule has 3 rings (SSSR count). The topological polar surface area (TPSA) is 63.6 Å². The zero-order valence-corrected chi connectivity index (χ0v) is 13.7. The molecular formula is C19H16O4S. The molecular weight excluding hydrogens is 324 g/mol. The first-order valence-corrected chi connectivity index (χ1v) is 8.44. The van der Waals surface area contributed by atoms with E-state index >= 15 is 0 Å². The molecule has 0 saturated carbocycles. The molecule has 1 heterocycles. The van der Waals surface area contributed by atoms with Gasteiger partial charge in [0, 0.05) is 22.1 Å². The number of carbonyl (C=O) groups excluding carboxylic acids is 1. The molecule has 0 spiro atoms. The van der Waals surface area contributed by atoms with E-state index in [1.807, 2.05) is 42.5 Å². The predicted octanol–water partition coefficient (Wildman–Crippen LogP) is 4.38. The maximum absolute atomic E-state index is 12.8. The Morgan fingerprint density at radius 3 is 2.46 bits per heavy atom. The van der Waals surface area contributed by atoms with Crippen molar-refractivity contribution in [2.24, 2.45) is 0 Å². The number of ketones is 1. The summed E-state index contributed by atoms with van der Waals surface area (Å²) in [6, 6.07) is 16.8. The summed E-state index contributed by atoms with van der Waals surface area (Å²) in [5, 5.41) is 9.61. The third kappa shape index (κ3) is 3.46. The SMILES string of the molecule is O=C(O)CCCOc1c(C(=O)c2ccccc2)sc2ccccc12. The van der Waals surface area contributed by atoms with Crippen LogP contribution in [0.3, 0.4) is 0 Å². The Balaban J connectivity index is 1.93. The quantitative estimate of drug-likeness (QED) is 0.512. The zero-order valence-electron chi connectivity index (χ0n) is 12.9. The van der Waals surface area contributed by atoms with Gasteiger partial charge in [-0.1, -0.05) is 42.5 Å². The molecule has 2 aromatic carbocycles. The largest absolute Gasteiger partial charge is 0.491 e. The third-order valence-electron chi connectivity index (χ3n) is 3.57. The highest BCUT2D eigenvalue weighted by Crippen LogP contribution is 2.39. The summed E-state index contributed by atoms with van der Waals surface area (Å²) >= 11 is 1.40. The van der Waals surface area contributed by atoms with Crippen molar-refractivity contribution in [1.82, 2.24) is 0 Å². The summed E-state index contributed by atoms with van der Waals surface area (Å²) in [6.07, 6.45) is 0.447. The van der Waals surface area contributed by atoms with Gasteiger partial charge < -0.3 is 9.84 Å². The average Bonchev–Trinajstić information content (AvgIpc) is 2.97. The van der Waals surface area contributed by atoms with E-state index in [1.54, 1.807) is 12.1 Å². The lowest BCUT2D eigenvalue weighted by molar-refractivity contribution is -0.137. The molecule has 4 nitrogen and oxygen atoms in total. The first kappa shape index (κ1) is 16.2. The lowest BCUT2D eigenvalue weighted by atomic mass is 10.1. The van der Waals surface area contributed by atoms with E-state index in [0.29, 0.717) is 22.6 Å². The van der Waals surface area contributed by atoms with Crippen LogP contribution >= 0.6 is 11.3 Å². The molecule has 0 saturated heterocycles. The minimum Gasteiger partial charge on any atom is -0.491 e. The molecule has 1 N–H and O–H groups in total. The van der Waals surface area contributed by atoms with E-state index in [-0.39, 0.29) is 18.8 Å². The molecule has 0 aliphatic rings. The molecule has 0 aliphatic carbocycles. The fraction of sp³-hybridized carbons (Fsp3) is 0.158. The Bertz CT molecular complexity index is 867. The highest BCUT2D eigenvalue weighted by atomic mass is 32.1. The molecule has 0 amide bonds. The van der Waals surface area contributed by atoms with Crippen LogP contribution in [0.1, 0.15) is 28.1 Å². The number of ether oxygens (including phenoxy) is 1. The van der Waals surface area contributed by atoms with Gasteiger partial charge in [0.15, 0.2) is 0 Å². The van der Waals surface area contributed by atoms with Crippen LogP contribution in [-0.4, -0.2) is 23.5 Å². The van der Waals surface area contributed by atoms with Crippen LogP contribution in [0.2, 0.25) is 0 Å². The molecule has 0 bridgehead atoms. The smallest absolute Gasteiger partial charge is 0.303 e. The molecule has 3 aromatic rings. The molecule has 5 heteroatoms. The van der Waals surface area contributed by atoms with Crippen molar-refractivity contribution in [3.05, 3.63) is 65.0 Å². The van der Waals surface area contributed by atoms with Crippen molar-refractivity contribution >= 4 is 33.2 Å². The van der Waals surface area contributed by atoms with E-state index in [4.69, 9.17) is 9.84 Å². The standard InChI is InChI=1S/C19H16O4S/c20-16(21)11-6-12-23-18-14-9-4-5-10-15(14)24-19(18)17(22)13-7-2-1-3-8-13/h1-5,7-10H,6,11-12H2,(H,20,21). The van der Waals surface area contributed by atoms with Crippen LogP contribution in [0, 0.1) is 0 Å². The first-order chi connectivity index (χ1) is 11.7. The number of benzene rings is 2. The summed E-state index contributed by atoms with van der Waals surface area (Å²) in [6.45, 7) is 0.266. The van der Waals surface area contributed by atoms with E-state index < -0.39 is 5.97 Å². The minimum atomic E-state index is -0.852. The molecule has 1 aromatic heterocycles. The van der Waals surface area contributed by atoms with Crippen molar-refractivity contribution in [3.8, 4) is 5.75 Å². The molecule has 122 valence electrons. The van der Waals surface area contributed by atoms with Gasteiger partial charge in [-0.25, -0.2) is 0 Å². The fourth-order valence-corrected chi connectivity index (χ4v) is 3.54. The van der Waals surface area contributed by atoms with Crippen LogP contribution < -0.4 is 4.74 Å². The van der Waals surface area contributed by atoms with Crippen LogP contribution in [-0.2, 0) is 4.79 Å². The number of fused-ring (bicyclic) bond motifs is 1. The van der Waals surface area contributed by atoms with E-state index in [9.17, 15) is 9.59 Å². The molecule has 0 aliphatic heterocycles. The summed E-state index contributed by atoms with van der Waals surface area (Å²) < 4.78 is 6.79. The van der Waals surface area contributed by atoms with Gasteiger partial charge in [0.05, 0.1) is 6.61 Å². The highest BCUT2D eigenvalue weighted by molar-refractivity contribution is 7.21. The van der Waals surface area contributed by atoms with E-state index in [2.05, 4.69) is 0 Å². The highest BCUT2D eigenvalue weighted by Gasteiger charge is 2.20. The number of hydrogen-bond acceptors (Lipinski definition) is 4. The lowest BCUT2D eigenvalue weighted by Crippen LogP contribution is -2.05. The Kier molecular flexibility index (Phi) is 4.91. The minimum absolute atomic E-state index is 0.0457. The number of carbonyl (C=O) groups is 2. The van der Waals surface area contributed by atoms with Crippen molar-refractivity contribution < 1.29 is 19.4 Å². The summed E-state index contributed by atoms with van der Waals surface area (Å²) in [7, 11) is 0. The predicted molar refractivity (Wildman–Crippen MR) is 94.1 cm³/mol. The van der Waals surface area contributed by atoms with Crippen molar-refractivity contribution in [2.75, 3.05) is 6.61 Å². The Morgan fingerprint density at radius 2 is 1.71 bits per heavy atom. The monoisotopic (exact) mass is 340 g/mol. The second kappa shape index (κ2) is 7.27. The van der Waals surface area contributed by atoms with Gasteiger partial charge in [0.25, 0.3) is 0 Å². The summed E-state index contributed by atoms with van der Waals surface area (Å²) in [4.78, 5) is 24.0. The number of hydrogen-bond donors (Lipinski definition) is 1. The number of thiophene rings is 1. The second-order valence-corrected chi connectivity index (χ2v) is 6.35. The Hall–Kier alpha value is -2.66. The van der Waals surface area contributed by atoms with Gasteiger partial charge in [-0.15, -0.1) is 11.3 Å². The molecule has 0 atom stereocenters. The number of aliphatic carboxylic acids is 1. The van der Waals surface area contributed by atoms with E-state index in [1.165, 1.54) is 11.3 Å². The Morgan fingerprint density at radius 1 is 1.00 bits per heavy atom. The van der Waals surface area contributed by atoms with Crippen LogP contribution in [0.15, 0.2) is 54.6 Å². The van der Waals surface area contributed by atoms with Crippen LogP contribution in [0.4, 0.5) is 0 Å². The maximum Gasteiger partial charge on any atom is 0.303 e. The van der Waals surface area contributed by atoms with Crippen LogP contribution in [0.25, 0.3) is 10.1 Å². The molecule has 24 heavy (non-hydrogen) atoms. The molecule has 0 unspecified atom stereocenters. The van der Waals surface area contributed by atoms with Gasteiger partial charge in [-0.2, -0.15) is 0 Å². The fourth-order valence-electron chi connectivity index (χ4n) is 2.43. The maximum atomic E-state index is 12.8. The normalized spacial score (nSPS) is 10.7. The van der Waals surface area contributed by atoms with Gasteiger partial charge in [0.2, 0.25) is 5.78 Å². The van der Waals surface area contributed by atoms with Crippen molar-refractivity contribution in [3.63, 3.8) is 0 Å². The average molecular weight is 340 g/mol. The Labute approximate surface area is 143 Å². The second-order valence-electron chi connectivity index (χ2n) is 5.30. The molecule has 0 fully saturated rings. The summed E-state index contributed by atoms with van der Waals surface area (Å²) in [5.74, 6) is -0.380.